The lowest BCUT2D eigenvalue weighted by Gasteiger charge is -1.98. The summed E-state index contributed by atoms with van der Waals surface area (Å²) in [4.78, 5) is 15.5. The smallest absolute Gasteiger partial charge is 0.360 e. The minimum Gasteiger partial charge on any atom is -0.459 e. The van der Waals surface area contributed by atoms with Crippen LogP contribution >= 0.6 is 0 Å². The SMILES string of the molecule is Cc1oc(-c2ccco2)nc1C(=O)OCCO. The van der Waals surface area contributed by atoms with Gasteiger partial charge in [-0.3, -0.25) is 0 Å². The number of hydrogen-bond acceptors (Lipinski definition) is 6. The first kappa shape index (κ1) is 11.4. The van der Waals surface area contributed by atoms with Gasteiger partial charge >= 0.3 is 5.97 Å². The maximum absolute atomic E-state index is 11.5. The monoisotopic (exact) mass is 237 g/mol. The predicted octanol–water partition coefficient (Wildman–Crippen LogP) is 1.39. The highest BCUT2D eigenvalue weighted by Crippen LogP contribution is 2.22. The minimum absolute atomic E-state index is 0.0682. The lowest BCUT2D eigenvalue weighted by Crippen LogP contribution is -2.10. The molecule has 2 heterocycles. The highest BCUT2D eigenvalue weighted by atomic mass is 16.5. The quantitative estimate of drug-likeness (QED) is 0.809. The van der Waals surface area contributed by atoms with E-state index >= 15 is 0 Å². The van der Waals surface area contributed by atoms with Gasteiger partial charge in [0.25, 0.3) is 5.89 Å². The lowest BCUT2D eigenvalue weighted by molar-refractivity contribution is 0.0426. The predicted molar refractivity (Wildman–Crippen MR) is 56.3 cm³/mol. The molecule has 0 aliphatic heterocycles. The molecule has 0 spiro atoms. The fourth-order valence-electron chi connectivity index (χ4n) is 1.30. The Morgan fingerprint density at radius 3 is 3.06 bits per heavy atom. The zero-order valence-electron chi connectivity index (χ0n) is 9.17. The van der Waals surface area contributed by atoms with Crippen molar-refractivity contribution in [2.75, 3.05) is 13.2 Å². The molecule has 90 valence electrons. The Morgan fingerprint density at radius 2 is 2.41 bits per heavy atom. The van der Waals surface area contributed by atoms with Gasteiger partial charge in [0.05, 0.1) is 12.9 Å². The first-order chi connectivity index (χ1) is 8.22. The van der Waals surface area contributed by atoms with Crippen molar-refractivity contribution in [3.05, 3.63) is 29.9 Å². The van der Waals surface area contributed by atoms with Gasteiger partial charge in [-0.25, -0.2) is 4.79 Å². The second kappa shape index (κ2) is 4.84. The fraction of sp³-hybridized carbons (Fsp3) is 0.273. The molecule has 2 aromatic rings. The van der Waals surface area contributed by atoms with E-state index in [0.717, 1.165) is 0 Å². The number of nitrogens with zero attached hydrogens (tertiary/aromatic N) is 1. The molecule has 6 heteroatoms. The molecule has 0 aliphatic carbocycles. The molecule has 0 unspecified atom stereocenters. The van der Waals surface area contributed by atoms with Crippen LogP contribution < -0.4 is 0 Å². The van der Waals surface area contributed by atoms with Crippen molar-refractivity contribution in [1.82, 2.24) is 4.98 Å². The van der Waals surface area contributed by atoms with Crippen LogP contribution in [0.5, 0.6) is 0 Å². The second-order valence-electron chi connectivity index (χ2n) is 3.26. The van der Waals surface area contributed by atoms with E-state index in [4.69, 9.17) is 18.7 Å². The van der Waals surface area contributed by atoms with E-state index in [9.17, 15) is 4.79 Å². The molecule has 17 heavy (non-hydrogen) atoms. The van der Waals surface area contributed by atoms with Gasteiger partial charge in [0.1, 0.15) is 12.4 Å². The van der Waals surface area contributed by atoms with Crippen molar-refractivity contribution in [1.29, 1.82) is 0 Å². The Morgan fingerprint density at radius 1 is 1.59 bits per heavy atom. The molecule has 0 aromatic carbocycles. The maximum atomic E-state index is 11.5. The molecule has 0 atom stereocenters. The third-order valence-corrected chi connectivity index (χ3v) is 2.05. The first-order valence-corrected chi connectivity index (χ1v) is 5.01. The summed E-state index contributed by atoms with van der Waals surface area (Å²) in [6.07, 6.45) is 1.48. The third-order valence-electron chi connectivity index (χ3n) is 2.05. The molecule has 6 nitrogen and oxygen atoms in total. The number of esters is 1. The molecule has 0 amide bonds. The number of oxazole rings is 1. The van der Waals surface area contributed by atoms with Crippen LogP contribution in [0, 0.1) is 6.92 Å². The third kappa shape index (κ3) is 2.36. The van der Waals surface area contributed by atoms with Crippen molar-refractivity contribution in [3.63, 3.8) is 0 Å². The van der Waals surface area contributed by atoms with E-state index < -0.39 is 5.97 Å². The average molecular weight is 237 g/mol. The van der Waals surface area contributed by atoms with Crippen LogP contribution in [0.25, 0.3) is 11.7 Å². The van der Waals surface area contributed by atoms with Gasteiger partial charge in [0.2, 0.25) is 0 Å². The number of aromatic nitrogens is 1. The number of aliphatic hydroxyl groups excluding tert-OH is 1. The van der Waals surface area contributed by atoms with Gasteiger partial charge in [-0.15, -0.1) is 0 Å². The molecule has 0 bridgehead atoms. The summed E-state index contributed by atoms with van der Waals surface area (Å²) >= 11 is 0. The molecule has 2 rings (SSSR count). The lowest BCUT2D eigenvalue weighted by atomic mass is 10.4. The van der Waals surface area contributed by atoms with Crippen molar-refractivity contribution in [2.45, 2.75) is 6.92 Å². The van der Waals surface area contributed by atoms with Crippen LogP contribution in [0.3, 0.4) is 0 Å². The molecule has 0 radical (unpaired) electrons. The largest absolute Gasteiger partial charge is 0.459 e. The van der Waals surface area contributed by atoms with Crippen LogP contribution in [0.4, 0.5) is 0 Å². The van der Waals surface area contributed by atoms with Gasteiger partial charge in [-0.2, -0.15) is 4.98 Å². The summed E-state index contributed by atoms with van der Waals surface area (Å²) in [6, 6.07) is 3.37. The fourth-order valence-corrected chi connectivity index (χ4v) is 1.30. The average Bonchev–Trinajstić information content (AvgIpc) is 2.94. The highest BCUT2D eigenvalue weighted by Gasteiger charge is 2.20. The normalized spacial score (nSPS) is 10.5. The molecular formula is C11H11NO5. The topological polar surface area (TPSA) is 85.7 Å². The van der Waals surface area contributed by atoms with Gasteiger partial charge in [0, 0.05) is 0 Å². The van der Waals surface area contributed by atoms with Crippen molar-refractivity contribution in [2.24, 2.45) is 0 Å². The molecule has 1 N–H and O–H groups in total. The number of carbonyl (C=O) groups is 1. The van der Waals surface area contributed by atoms with E-state index in [1.807, 2.05) is 0 Å². The van der Waals surface area contributed by atoms with Crippen LogP contribution in [-0.2, 0) is 4.74 Å². The summed E-state index contributed by atoms with van der Waals surface area (Å²) < 4.78 is 15.1. The molecule has 0 fully saturated rings. The molecule has 2 aromatic heterocycles. The summed E-state index contributed by atoms with van der Waals surface area (Å²) in [7, 11) is 0. The zero-order chi connectivity index (χ0) is 12.3. The van der Waals surface area contributed by atoms with Gasteiger partial charge in [0.15, 0.2) is 11.5 Å². The summed E-state index contributed by atoms with van der Waals surface area (Å²) in [5, 5.41) is 8.55. The summed E-state index contributed by atoms with van der Waals surface area (Å²) in [6.45, 7) is 1.31. The Bertz CT molecular complexity index is 500. The number of furan rings is 1. The van der Waals surface area contributed by atoms with Crippen LogP contribution in [0.2, 0.25) is 0 Å². The van der Waals surface area contributed by atoms with Gasteiger partial charge < -0.3 is 18.7 Å². The molecular weight excluding hydrogens is 226 g/mol. The Hall–Kier alpha value is -2.08. The van der Waals surface area contributed by atoms with Gasteiger partial charge in [-0.05, 0) is 19.1 Å². The Kier molecular flexibility index (Phi) is 3.24. The number of aryl methyl sites for hydroxylation is 1. The van der Waals surface area contributed by atoms with Gasteiger partial charge in [-0.1, -0.05) is 0 Å². The minimum atomic E-state index is -0.627. The van der Waals surface area contributed by atoms with Crippen molar-refractivity contribution in [3.8, 4) is 11.7 Å². The summed E-state index contributed by atoms with van der Waals surface area (Å²) in [5.74, 6) is 0.384. The van der Waals surface area contributed by atoms with Crippen LogP contribution in [-0.4, -0.2) is 29.3 Å². The maximum Gasteiger partial charge on any atom is 0.360 e. The first-order valence-electron chi connectivity index (χ1n) is 5.01. The number of hydrogen-bond donors (Lipinski definition) is 1. The standard InChI is InChI=1S/C11H11NO5/c1-7-9(11(14)16-6-4-13)12-10(17-7)8-3-2-5-15-8/h2-3,5,13H,4,6H2,1H3. The number of carbonyl (C=O) groups excluding carboxylic acids is 1. The Balaban J connectivity index is 2.22. The van der Waals surface area contributed by atoms with Crippen molar-refractivity contribution < 1.29 is 23.5 Å². The Labute approximate surface area is 96.8 Å². The zero-order valence-corrected chi connectivity index (χ0v) is 9.17. The number of rotatable bonds is 4. The van der Waals surface area contributed by atoms with Crippen molar-refractivity contribution >= 4 is 5.97 Å². The van der Waals surface area contributed by atoms with E-state index in [0.29, 0.717) is 11.5 Å². The molecule has 0 saturated carbocycles. The highest BCUT2D eigenvalue weighted by molar-refractivity contribution is 5.88. The molecule has 0 saturated heterocycles. The number of aliphatic hydroxyl groups is 1. The van der Waals surface area contributed by atoms with Crippen LogP contribution in [0.15, 0.2) is 27.2 Å². The van der Waals surface area contributed by atoms with E-state index in [2.05, 4.69) is 4.98 Å². The summed E-state index contributed by atoms with van der Waals surface area (Å²) in [5.41, 5.74) is 0.0878. The van der Waals surface area contributed by atoms with Crippen LogP contribution in [0.1, 0.15) is 16.2 Å². The number of ether oxygens (including phenoxy) is 1. The second-order valence-corrected chi connectivity index (χ2v) is 3.26. The van der Waals surface area contributed by atoms with E-state index in [1.54, 1.807) is 19.1 Å². The van der Waals surface area contributed by atoms with E-state index in [-0.39, 0.29) is 24.8 Å². The molecule has 0 aliphatic rings. The van der Waals surface area contributed by atoms with E-state index in [1.165, 1.54) is 6.26 Å².